The van der Waals surface area contributed by atoms with Crippen molar-refractivity contribution in [1.29, 1.82) is 0 Å². The van der Waals surface area contributed by atoms with Crippen molar-refractivity contribution in [3.8, 4) is 0 Å². The molecule has 23 heavy (non-hydrogen) atoms. The van der Waals surface area contributed by atoms with Crippen molar-refractivity contribution >= 4 is 17.9 Å². The molecular weight excluding hydrogens is 298 g/mol. The quantitative estimate of drug-likeness (QED) is 0.545. The van der Waals surface area contributed by atoms with Crippen LogP contribution in [0.3, 0.4) is 0 Å². The summed E-state index contributed by atoms with van der Waals surface area (Å²) in [4.78, 5) is 36.9. The summed E-state index contributed by atoms with van der Waals surface area (Å²) < 4.78 is 5.13. The van der Waals surface area contributed by atoms with Crippen LogP contribution in [0.25, 0.3) is 0 Å². The van der Waals surface area contributed by atoms with E-state index in [-0.39, 0.29) is 24.3 Å². The fourth-order valence-corrected chi connectivity index (χ4v) is 2.33. The standard InChI is InChI=1S/C16H29N3O4/c1-6-11(2)19-13(20)10-12(14(19)21)17-8-7-9-18-15(22)23-16(3,4)5/h11-12,17H,6-10H2,1-5H3,(H,18,22). The number of alkyl carbamates (subject to hydrolysis) is 1. The number of nitrogens with one attached hydrogen (secondary N) is 2. The highest BCUT2D eigenvalue weighted by molar-refractivity contribution is 6.05. The molecular formula is C16H29N3O4. The van der Waals surface area contributed by atoms with Gasteiger partial charge in [0.15, 0.2) is 0 Å². The van der Waals surface area contributed by atoms with E-state index in [1.807, 2.05) is 13.8 Å². The molecule has 1 saturated heterocycles. The summed E-state index contributed by atoms with van der Waals surface area (Å²) in [6.45, 7) is 10.2. The highest BCUT2D eigenvalue weighted by Crippen LogP contribution is 2.17. The Morgan fingerprint density at radius 1 is 1.35 bits per heavy atom. The van der Waals surface area contributed by atoms with Crippen molar-refractivity contribution < 1.29 is 19.1 Å². The van der Waals surface area contributed by atoms with Gasteiger partial charge in [0.2, 0.25) is 11.8 Å². The predicted molar refractivity (Wildman–Crippen MR) is 86.9 cm³/mol. The molecule has 2 unspecified atom stereocenters. The molecule has 1 heterocycles. The van der Waals surface area contributed by atoms with Crippen LogP contribution in [-0.4, -0.2) is 53.6 Å². The van der Waals surface area contributed by atoms with Gasteiger partial charge in [-0.05, 0) is 47.1 Å². The molecule has 1 aliphatic heterocycles. The molecule has 0 aromatic heterocycles. The molecule has 2 N–H and O–H groups in total. The van der Waals surface area contributed by atoms with Crippen molar-refractivity contribution in [3.05, 3.63) is 0 Å². The summed E-state index contributed by atoms with van der Waals surface area (Å²) in [7, 11) is 0. The van der Waals surface area contributed by atoms with Crippen LogP contribution in [0, 0.1) is 0 Å². The van der Waals surface area contributed by atoms with Crippen molar-refractivity contribution in [3.63, 3.8) is 0 Å². The first-order valence-corrected chi connectivity index (χ1v) is 8.21. The minimum Gasteiger partial charge on any atom is -0.444 e. The van der Waals surface area contributed by atoms with Gasteiger partial charge < -0.3 is 15.4 Å². The average Bonchev–Trinajstić information content (AvgIpc) is 2.70. The fraction of sp³-hybridized carbons (Fsp3) is 0.812. The monoisotopic (exact) mass is 327 g/mol. The molecule has 0 bridgehead atoms. The highest BCUT2D eigenvalue weighted by Gasteiger charge is 2.40. The Morgan fingerprint density at radius 3 is 2.57 bits per heavy atom. The van der Waals surface area contributed by atoms with E-state index in [4.69, 9.17) is 4.74 Å². The molecule has 2 atom stereocenters. The van der Waals surface area contributed by atoms with Gasteiger partial charge in [0.05, 0.1) is 12.5 Å². The Morgan fingerprint density at radius 2 is 2.00 bits per heavy atom. The number of rotatable bonds is 7. The van der Waals surface area contributed by atoms with Crippen LogP contribution in [-0.2, 0) is 14.3 Å². The lowest BCUT2D eigenvalue weighted by Crippen LogP contribution is -2.43. The zero-order chi connectivity index (χ0) is 17.6. The smallest absolute Gasteiger partial charge is 0.407 e. The molecule has 0 saturated carbocycles. The Balaban J connectivity index is 2.26. The van der Waals surface area contributed by atoms with Crippen LogP contribution in [0.15, 0.2) is 0 Å². The van der Waals surface area contributed by atoms with E-state index < -0.39 is 17.7 Å². The van der Waals surface area contributed by atoms with Crippen molar-refractivity contribution in [1.82, 2.24) is 15.5 Å². The second-order valence-corrected chi connectivity index (χ2v) is 6.85. The first kappa shape index (κ1) is 19.4. The molecule has 132 valence electrons. The third-order valence-corrected chi connectivity index (χ3v) is 3.63. The number of amides is 3. The summed E-state index contributed by atoms with van der Waals surface area (Å²) >= 11 is 0. The first-order chi connectivity index (χ1) is 10.7. The van der Waals surface area contributed by atoms with Gasteiger partial charge in [0.1, 0.15) is 5.60 Å². The van der Waals surface area contributed by atoms with Crippen LogP contribution in [0.2, 0.25) is 0 Å². The Labute approximate surface area is 138 Å². The van der Waals surface area contributed by atoms with Crippen molar-refractivity contribution in [2.24, 2.45) is 0 Å². The van der Waals surface area contributed by atoms with Crippen LogP contribution < -0.4 is 10.6 Å². The number of carbonyl (C=O) groups excluding carboxylic acids is 3. The van der Waals surface area contributed by atoms with Crippen LogP contribution in [0.5, 0.6) is 0 Å². The molecule has 7 nitrogen and oxygen atoms in total. The first-order valence-electron chi connectivity index (χ1n) is 8.21. The zero-order valence-corrected chi connectivity index (χ0v) is 14.8. The number of carbonyl (C=O) groups is 3. The van der Waals surface area contributed by atoms with Crippen LogP contribution in [0.1, 0.15) is 53.9 Å². The molecule has 0 aromatic carbocycles. The summed E-state index contributed by atoms with van der Waals surface area (Å²) in [5.74, 6) is -0.266. The summed E-state index contributed by atoms with van der Waals surface area (Å²) in [6.07, 6.45) is 1.17. The number of ether oxygens (including phenoxy) is 1. The van der Waals surface area contributed by atoms with Crippen molar-refractivity contribution in [2.45, 2.75) is 71.6 Å². The molecule has 1 fully saturated rings. The topological polar surface area (TPSA) is 87.7 Å². The Bertz CT molecular complexity index is 445. The normalized spacial score (nSPS) is 19.9. The fourth-order valence-electron chi connectivity index (χ4n) is 2.33. The van der Waals surface area contributed by atoms with E-state index in [2.05, 4.69) is 10.6 Å². The Kier molecular flexibility index (Phi) is 7.00. The zero-order valence-electron chi connectivity index (χ0n) is 14.8. The van der Waals surface area contributed by atoms with E-state index in [0.717, 1.165) is 6.42 Å². The van der Waals surface area contributed by atoms with E-state index in [0.29, 0.717) is 19.5 Å². The third-order valence-electron chi connectivity index (χ3n) is 3.63. The Hall–Kier alpha value is -1.63. The number of nitrogens with zero attached hydrogens (tertiary/aromatic N) is 1. The summed E-state index contributed by atoms with van der Waals surface area (Å²) in [5, 5.41) is 5.75. The van der Waals surface area contributed by atoms with Gasteiger partial charge in [-0.25, -0.2) is 4.79 Å². The number of hydrogen-bond donors (Lipinski definition) is 2. The van der Waals surface area contributed by atoms with E-state index >= 15 is 0 Å². The molecule has 3 amide bonds. The van der Waals surface area contributed by atoms with Gasteiger partial charge >= 0.3 is 6.09 Å². The molecule has 0 radical (unpaired) electrons. The second-order valence-electron chi connectivity index (χ2n) is 6.85. The minimum absolute atomic E-state index is 0.0596. The molecule has 7 heteroatoms. The maximum absolute atomic E-state index is 12.2. The maximum atomic E-state index is 12.2. The molecule has 0 aromatic rings. The summed E-state index contributed by atoms with van der Waals surface area (Å²) in [5.41, 5.74) is -0.515. The SMILES string of the molecule is CCC(C)N1C(=O)CC(NCCCNC(=O)OC(C)(C)C)C1=O. The lowest BCUT2D eigenvalue weighted by atomic mass is 10.2. The number of hydrogen-bond acceptors (Lipinski definition) is 5. The van der Waals surface area contributed by atoms with Crippen molar-refractivity contribution in [2.75, 3.05) is 13.1 Å². The van der Waals surface area contributed by atoms with Gasteiger partial charge in [0, 0.05) is 12.6 Å². The third kappa shape index (κ3) is 6.17. The number of likely N-dealkylation sites (tertiary alicyclic amines) is 1. The molecule has 1 rings (SSSR count). The molecule has 0 aliphatic carbocycles. The largest absolute Gasteiger partial charge is 0.444 e. The molecule has 0 spiro atoms. The van der Waals surface area contributed by atoms with Gasteiger partial charge in [-0.2, -0.15) is 0 Å². The van der Waals surface area contributed by atoms with Gasteiger partial charge in [0.25, 0.3) is 0 Å². The highest BCUT2D eigenvalue weighted by atomic mass is 16.6. The van der Waals surface area contributed by atoms with E-state index in [1.165, 1.54) is 4.90 Å². The maximum Gasteiger partial charge on any atom is 0.407 e. The average molecular weight is 327 g/mol. The minimum atomic E-state index is -0.515. The lowest BCUT2D eigenvalue weighted by molar-refractivity contribution is -0.141. The number of imide groups is 1. The molecule has 1 aliphatic rings. The van der Waals surface area contributed by atoms with Crippen LogP contribution >= 0.6 is 0 Å². The van der Waals surface area contributed by atoms with Gasteiger partial charge in [-0.15, -0.1) is 0 Å². The van der Waals surface area contributed by atoms with Crippen LogP contribution in [0.4, 0.5) is 4.79 Å². The van der Waals surface area contributed by atoms with Gasteiger partial charge in [-0.3, -0.25) is 14.5 Å². The van der Waals surface area contributed by atoms with E-state index in [9.17, 15) is 14.4 Å². The summed E-state index contributed by atoms with van der Waals surface area (Å²) in [6, 6.07) is -0.506. The predicted octanol–water partition coefficient (Wildman–Crippen LogP) is 1.42. The van der Waals surface area contributed by atoms with Gasteiger partial charge in [-0.1, -0.05) is 6.92 Å². The second kappa shape index (κ2) is 8.29. The lowest BCUT2D eigenvalue weighted by Gasteiger charge is -2.21. The van der Waals surface area contributed by atoms with E-state index in [1.54, 1.807) is 20.8 Å².